The zero-order valence-electron chi connectivity index (χ0n) is 10.2. The van der Waals surface area contributed by atoms with Gasteiger partial charge in [0.05, 0.1) is 7.11 Å². The molecule has 0 saturated carbocycles. The van der Waals surface area contributed by atoms with Crippen molar-refractivity contribution in [2.75, 3.05) is 11.8 Å². The van der Waals surface area contributed by atoms with Gasteiger partial charge >= 0.3 is 0 Å². The minimum atomic E-state index is -3.92. The predicted octanol–water partition coefficient (Wildman–Crippen LogP) is 0.635. The molecule has 0 aromatic carbocycles. The smallest absolute Gasteiger partial charge is 0.296 e. The van der Waals surface area contributed by atoms with Crippen LogP contribution >= 0.6 is 0 Å². The van der Waals surface area contributed by atoms with Gasteiger partial charge in [-0.05, 0) is 12.1 Å². The molecule has 0 unspecified atom stereocenters. The van der Waals surface area contributed by atoms with Crippen LogP contribution in [0.5, 0.6) is 5.88 Å². The summed E-state index contributed by atoms with van der Waals surface area (Å²) in [7, 11) is -0.873. The van der Waals surface area contributed by atoms with E-state index in [1.807, 2.05) is 0 Å². The molecule has 9 heteroatoms. The number of hydrogen-bond donors (Lipinski definition) is 1. The van der Waals surface area contributed by atoms with Crippen LogP contribution < -0.4 is 9.46 Å². The zero-order valence-corrected chi connectivity index (χ0v) is 11.0. The Balaban J connectivity index is 2.27. The van der Waals surface area contributed by atoms with Gasteiger partial charge in [0.15, 0.2) is 17.9 Å². The van der Waals surface area contributed by atoms with E-state index in [0.717, 1.165) is 0 Å². The number of hydrogen-bond acceptors (Lipinski definition) is 6. The van der Waals surface area contributed by atoms with Crippen molar-refractivity contribution in [3.05, 3.63) is 24.0 Å². The van der Waals surface area contributed by atoms with E-state index in [0.29, 0.717) is 12.2 Å². The number of carbonyl (C=O) groups is 1. The number of aromatic nitrogens is 2. The van der Waals surface area contributed by atoms with Gasteiger partial charge in [-0.2, -0.15) is 13.5 Å². The highest BCUT2D eigenvalue weighted by atomic mass is 32.2. The van der Waals surface area contributed by atoms with E-state index in [2.05, 4.69) is 9.82 Å². The summed E-state index contributed by atoms with van der Waals surface area (Å²) >= 11 is 0. The van der Waals surface area contributed by atoms with E-state index in [-0.39, 0.29) is 16.7 Å². The van der Waals surface area contributed by atoms with Crippen molar-refractivity contribution in [2.24, 2.45) is 7.05 Å². The van der Waals surface area contributed by atoms with E-state index < -0.39 is 10.0 Å². The third kappa shape index (κ3) is 2.60. The molecule has 19 heavy (non-hydrogen) atoms. The number of methoxy groups -OCH3 is 1. The molecule has 0 spiro atoms. The van der Waals surface area contributed by atoms with Gasteiger partial charge in [0.25, 0.3) is 10.0 Å². The predicted molar refractivity (Wildman–Crippen MR) is 64.7 cm³/mol. The zero-order chi connectivity index (χ0) is 14.0. The van der Waals surface area contributed by atoms with Crippen molar-refractivity contribution in [3.63, 3.8) is 0 Å². The first kappa shape index (κ1) is 13.1. The molecular weight excluding hydrogens is 274 g/mol. The molecular formula is C10H11N3O5S. The van der Waals surface area contributed by atoms with Crippen molar-refractivity contribution >= 4 is 22.1 Å². The van der Waals surface area contributed by atoms with E-state index >= 15 is 0 Å². The van der Waals surface area contributed by atoms with Crippen LogP contribution in [0.4, 0.5) is 5.82 Å². The molecule has 2 heterocycles. The summed E-state index contributed by atoms with van der Waals surface area (Å²) in [6, 6.07) is 3.87. The van der Waals surface area contributed by atoms with Crippen molar-refractivity contribution < 1.29 is 22.4 Å². The summed E-state index contributed by atoms with van der Waals surface area (Å²) < 4.78 is 37.3. The Kier molecular flexibility index (Phi) is 3.30. The Hall–Kier alpha value is -2.29. The Morgan fingerprint density at radius 1 is 1.47 bits per heavy atom. The minimum Gasteiger partial charge on any atom is -0.481 e. The molecule has 2 aromatic heterocycles. The van der Waals surface area contributed by atoms with Gasteiger partial charge < -0.3 is 9.15 Å². The normalized spacial score (nSPS) is 11.3. The fourth-order valence-corrected chi connectivity index (χ4v) is 2.35. The molecule has 0 amide bonds. The first-order chi connectivity index (χ1) is 8.96. The van der Waals surface area contributed by atoms with Crippen molar-refractivity contribution in [3.8, 4) is 5.88 Å². The fraction of sp³-hybridized carbons (Fsp3) is 0.200. The van der Waals surface area contributed by atoms with Crippen LogP contribution in [0.25, 0.3) is 0 Å². The summed E-state index contributed by atoms with van der Waals surface area (Å²) in [6.45, 7) is 0. The van der Waals surface area contributed by atoms with Gasteiger partial charge in [-0.3, -0.25) is 9.52 Å². The molecule has 0 radical (unpaired) electrons. The highest BCUT2D eigenvalue weighted by molar-refractivity contribution is 7.92. The van der Waals surface area contributed by atoms with Gasteiger partial charge in [-0.25, -0.2) is 4.68 Å². The van der Waals surface area contributed by atoms with Crippen LogP contribution in [0.2, 0.25) is 0 Å². The lowest BCUT2D eigenvalue weighted by Gasteiger charge is -2.00. The largest absolute Gasteiger partial charge is 0.481 e. The van der Waals surface area contributed by atoms with Crippen LogP contribution in [-0.4, -0.2) is 31.6 Å². The van der Waals surface area contributed by atoms with Crippen LogP contribution in [0.15, 0.2) is 27.7 Å². The van der Waals surface area contributed by atoms with Gasteiger partial charge in [-0.15, -0.1) is 0 Å². The molecule has 0 atom stereocenters. The molecule has 0 aliphatic heterocycles. The number of ether oxygens (including phenoxy) is 1. The van der Waals surface area contributed by atoms with Crippen LogP contribution in [-0.2, 0) is 17.1 Å². The van der Waals surface area contributed by atoms with E-state index in [1.165, 1.54) is 30.0 Å². The van der Waals surface area contributed by atoms with Crippen molar-refractivity contribution in [1.82, 2.24) is 9.78 Å². The number of aldehydes is 1. The maximum Gasteiger partial charge on any atom is 0.296 e. The Morgan fingerprint density at radius 2 is 2.21 bits per heavy atom. The van der Waals surface area contributed by atoms with Gasteiger partial charge in [0.1, 0.15) is 0 Å². The van der Waals surface area contributed by atoms with E-state index in [9.17, 15) is 13.2 Å². The summed E-state index contributed by atoms with van der Waals surface area (Å²) in [4.78, 5) is 10.5. The number of furan rings is 1. The topological polar surface area (TPSA) is 103 Å². The third-order valence-electron chi connectivity index (χ3n) is 2.27. The standard InChI is InChI=1S/C10H11N3O5S/c1-13-9(17-2)5-8(11-13)12-19(15,16)10-4-3-7(6-14)18-10/h3-6H,1-2H3,(H,11,12). The average molecular weight is 285 g/mol. The molecule has 0 fully saturated rings. The number of aryl methyl sites for hydroxylation is 1. The van der Waals surface area contributed by atoms with E-state index in [1.54, 1.807) is 7.05 Å². The minimum absolute atomic E-state index is 0.0704. The van der Waals surface area contributed by atoms with Crippen molar-refractivity contribution in [2.45, 2.75) is 5.09 Å². The summed E-state index contributed by atoms with van der Waals surface area (Å²) in [5.41, 5.74) is 0. The number of rotatable bonds is 5. The molecule has 8 nitrogen and oxygen atoms in total. The second-order valence-electron chi connectivity index (χ2n) is 3.58. The maximum atomic E-state index is 11.9. The summed E-state index contributed by atoms with van der Waals surface area (Å²) in [5, 5.41) is 3.55. The number of nitrogens with one attached hydrogen (secondary N) is 1. The molecule has 2 rings (SSSR count). The number of sulfonamides is 1. The number of nitrogens with zero attached hydrogens (tertiary/aromatic N) is 2. The average Bonchev–Trinajstić information content (AvgIpc) is 2.95. The molecule has 2 aromatic rings. The van der Waals surface area contributed by atoms with Crippen LogP contribution in [0, 0.1) is 0 Å². The monoisotopic (exact) mass is 285 g/mol. The highest BCUT2D eigenvalue weighted by Crippen LogP contribution is 2.20. The quantitative estimate of drug-likeness (QED) is 0.808. The van der Waals surface area contributed by atoms with Gasteiger partial charge in [0.2, 0.25) is 11.0 Å². The van der Waals surface area contributed by atoms with Gasteiger partial charge in [0, 0.05) is 13.1 Å². The first-order valence-corrected chi connectivity index (χ1v) is 6.60. The van der Waals surface area contributed by atoms with Crippen molar-refractivity contribution in [1.29, 1.82) is 0 Å². The second-order valence-corrected chi connectivity index (χ2v) is 5.19. The molecule has 0 aliphatic carbocycles. The molecule has 0 bridgehead atoms. The summed E-state index contributed by atoms with van der Waals surface area (Å²) in [6.07, 6.45) is 0.419. The lowest BCUT2D eigenvalue weighted by atomic mass is 10.5. The lowest BCUT2D eigenvalue weighted by Crippen LogP contribution is -2.12. The SMILES string of the molecule is COc1cc(NS(=O)(=O)c2ccc(C=O)o2)nn1C. The fourth-order valence-electron chi connectivity index (χ4n) is 1.42. The van der Waals surface area contributed by atoms with Gasteiger partial charge in [-0.1, -0.05) is 0 Å². The Labute approximate surface area is 109 Å². The number of anilines is 1. The van der Waals surface area contributed by atoms with Crippen LogP contribution in [0.1, 0.15) is 10.6 Å². The van der Waals surface area contributed by atoms with E-state index in [4.69, 9.17) is 9.15 Å². The molecule has 0 aliphatic rings. The lowest BCUT2D eigenvalue weighted by molar-refractivity contribution is 0.109. The first-order valence-electron chi connectivity index (χ1n) is 5.12. The number of carbonyl (C=O) groups excluding carboxylic acids is 1. The summed E-state index contributed by atoms with van der Waals surface area (Å²) in [5.74, 6) is 0.410. The maximum absolute atomic E-state index is 11.9. The van der Waals surface area contributed by atoms with Crippen LogP contribution in [0.3, 0.4) is 0 Å². The Bertz CT molecular complexity index is 701. The Morgan fingerprint density at radius 3 is 2.74 bits per heavy atom. The highest BCUT2D eigenvalue weighted by Gasteiger charge is 2.20. The molecule has 0 saturated heterocycles. The molecule has 102 valence electrons. The second kappa shape index (κ2) is 4.76. The molecule has 1 N–H and O–H groups in total. The third-order valence-corrected chi connectivity index (χ3v) is 3.50.